The van der Waals surface area contributed by atoms with E-state index in [0.717, 1.165) is 11.3 Å². The molecule has 0 spiro atoms. The molecular weight excluding hydrogens is 470 g/mol. The van der Waals surface area contributed by atoms with E-state index in [1.807, 2.05) is 47.9 Å². The van der Waals surface area contributed by atoms with Crippen LogP contribution < -0.4 is 15.4 Å². The molecule has 11 heteroatoms. The second-order valence-electron chi connectivity index (χ2n) is 7.66. The molecule has 1 aliphatic heterocycles. The number of furan rings is 1. The highest BCUT2D eigenvalue weighted by Gasteiger charge is 2.31. The van der Waals surface area contributed by atoms with E-state index < -0.39 is 12.0 Å². The first kappa shape index (κ1) is 24.4. The van der Waals surface area contributed by atoms with E-state index in [1.165, 1.54) is 11.8 Å². The van der Waals surface area contributed by atoms with Crippen LogP contribution in [0.3, 0.4) is 0 Å². The number of aromatic nitrogens is 3. The van der Waals surface area contributed by atoms with Gasteiger partial charge >= 0.3 is 12.0 Å². The molecule has 1 aliphatic rings. The zero-order valence-corrected chi connectivity index (χ0v) is 20.6. The van der Waals surface area contributed by atoms with Crippen LogP contribution in [0.15, 0.2) is 63.5 Å². The lowest BCUT2D eigenvalue weighted by Gasteiger charge is -2.28. The van der Waals surface area contributed by atoms with Gasteiger partial charge in [-0.05, 0) is 37.6 Å². The standard InChI is InChI=1S/C24H27N5O5S/c1-4-18-20(22(30)33-5-2)19(26-23(31)25-18)14-35-24-28-27-21(15-8-6-9-16(12-15)32-3)29(24)13-17-10-7-11-34-17/h6-12,18H,4-5,13-14H2,1-3H3,(H2,25,26,31). The van der Waals surface area contributed by atoms with Crippen molar-refractivity contribution in [3.8, 4) is 17.1 Å². The number of hydrogen-bond donors (Lipinski definition) is 2. The number of methoxy groups -OCH3 is 1. The predicted octanol–water partition coefficient (Wildman–Crippen LogP) is 3.60. The second kappa shape index (κ2) is 11.1. The fourth-order valence-electron chi connectivity index (χ4n) is 3.78. The van der Waals surface area contributed by atoms with Crippen molar-refractivity contribution >= 4 is 23.8 Å². The molecule has 1 unspecified atom stereocenters. The lowest BCUT2D eigenvalue weighted by atomic mass is 10.0. The number of carbonyl (C=O) groups is 2. The first-order chi connectivity index (χ1) is 17.0. The summed E-state index contributed by atoms with van der Waals surface area (Å²) in [6.07, 6.45) is 2.17. The van der Waals surface area contributed by atoms with E-state index in [2.05, 4.69) is 20.8 Å². The molecule has 1 aromatic carbocycles. The summed E-state index contributed by atoms with van der Waals surface area (Å²) in [5.41, 5.74) is 1.76. The topological polar surface area (TPSA) is 121 Å². The molecule has 0 radical (unpaired) electrons. The van der Waals surface area contributed by atoms with E-state index in [4.69, 9.17) is 13.9 Å². The van der Waals surface area contributed by atoms with Crippen molar-refractivity contribution < 1.29 is 23.5 Å². The number of amides is 2. The van der Waals surface area contributed by atoms with Gasteiger partial charge < -0.3 is 24.5 Å². The maximum atomic E-state index is 12.7. The predicted molar refractivity (Wildman–Crippen MR) is 130 cm³/mol. The van der Waals surface area contributed by atoms with Gasteiger partial charge in [0.15, 0.2) is 11.0 Å². The molecular formula is C24H27N5O5S. The molecule has 3 aromatic rings. The molecule has 3 heterocycles. The Kier molecular flexibility index (Phi) is 7.76. The molecule has 1 atom stereocenters. The van der Waals surface area contributed by atoms with Gasteiger partial charge in [0.05, 0.1) is 38.1 Å². The Morgan fingerprint density at radius 3 is 2.80 bits per heavy atom. The summed E-state index contributed by atoms with van der Waals surface area (Å²) in [6, 6.07) is 10.5. The van der Waals surface area contributed by atoms with Gasteiger partial charge in [-0.1, -0.05) is 30.8 Å². The minimum atomic E-state index is -0.448. The average molecular weight is 498 g/mol. The molecule has 2 amide bonds. The van der Waals surface area contributed by atoms with Gasteiger partial charge in [-0.3, -0.25) is 4.57 Å². The van der Waals surface area contributed by atoms with Gasteiger partial charge in [0, 0.05) is 17.0 Å². The number of benzene rings is 1. The number of ether oxygens (including phenoxy) is 2. The maximum Gasteiger partial charge on any atom is 0.337 e. The van der Waals surface area contributed by atoms with E-state index in [1.54, 1.807) is 20.3 Å². The smallest absolute Gasteiger partial charge is 0.337 e. The van der Waals surface area contributed by atoms with Crippen LogP contribution in [-0.2, 0) is 16.1 Å². The molecule has 2 N–H and O–H groups in total. The molecule has 35 heavy (non-hydrogen) atoms. The fraction of sp³-hybridized carbons (Fsp3) is 0.333. The Balaban J connectivity index is 1.68. The van der Waals surface area contributed by atoms with Gasteiger partial charge in [0.25, 0.3) is 0 Å². The number of thioether (sulfide) groups is 1. The third-order valence-electron chi connectivity index (χ3n) is 5.43. The normalized spacial score (nSPS) is 15.5. The zero-order chi connectivity index (χ0) is 24.8. The van der Waals surface area contributed by atoms with Gasteiger partial charge in [-0.2, -0.15) is 0 Å². The lowest BCUT2D eigenvalue weighted by molar-refractivity contribution is -0.139. The average Bonchev–Trinajstić information content (AvgIpc) is 3.52. The Morgan fingerprint density at radius 1 is 1.23 bits per heavy atom. The van der Waals surface area contributed by atoms with Crippen LogP contribution >= 0.6 is 11.8 Å². The van der Waals surface area contributed by atoms with Crippen LogP contribution in [0, 0.1) is 0 Å². The number of esters is 1. The van der Waals surface area contributed by atoms with E-state index in [-0.39, 0.29) is 12.6 Å². The molecule has 10 nitrogen and oxygen atoms in total. The van der Waals surface area contributed by atoms with Crippen molar-refractivity contribution in [1.82, 2.24) is 25.4 Å². The molecule has 0 saturated heterocycles. The summed E-state index contributed by atoms with van der Waals surface area (Å²) in [5, 5.41) is 15.0. The molecule has 4 rings (SSSR count). The molecule has 2 aromatic heterocycles. The number of hydrogen-bond acceptors (Lipinski definition) is 8. The van der Waals surface area contributed by atoms with Crippen molar-refractivity contribution in [2.45, 2.75) is 38.0 Å². The largest absolute Gasteiger partial charge is 0.497 e. The van der Waals surface area contributed by atoms with Crippen LogP contribution in [0.25, 0.3) is 11.4 Å². The summed E-state index contributed by atoms with van der Waals surface area (Å²) in [7, 11) is 1.61. The van der Waals surface area contributed by atoms with Crippen molar-refractivity contribution in [3.05, 3.63) is 59.7 Å². The number of nitrogens with zero attached hydrogens (tertiary/aromatic N) is 3. The lowest BCUT2D eigenvalue weighted by Crippen LogP contribution is -2.50. The summed E-state index contributed by atoms with van der Waals surface area (Å²) < 4.78 is 18.1. The molecule has 184 valence electrons. The third kappa shape index (κ3) is 5.51. The number of urea groups is 1. The molecule has 0 saturated carbocycles. The van der Waals surface area contributed by atoms with Gasteiger partial charge in [-0.15, -0.1) is 10.2 Å². The highest BCUT2D eigenvalue weighted by Crippen LogP contribution is 2.29. The second-order valence-corrected chi connectivity index (χ2v) is 8.61. The molecule has 0 bridgehead atoms. The molecule has 0 aliphatic carbocycles. The van der Waals surface area contributed by atoms with Crippen LogP contribution in [-0.4, -0.2) is 52.3 Å². The minimum Gasteiger partial charge on any atom is -0.497 e. The van der Waals surface area contributed by atoms with Crippen LogP contribution in [0.2, 0.25) is 0 Å². The third-order valence-corrected chi connectivity index (χ3v) is 6.42. The van der Waals surface area contributed by atoms with Crippen molar-refractivity contribution in [2.24, 2.45) is 0 Å². The molecule has 0 fully saturated rings. The van der Waals surface area contributed by atoms with Crippen molar-refractivity contribution in [3.63, 3.8) is 0 Å². The summed E-state index contributed by atoms with van der Waals surface area (Å²) >= 11 is 1.36. The van der Waals surface area contributed by atoms with Crippen LogP contribution in [0.4, 0.5) is 4.79 Å². The van der Waals surface area contributed by atoms with Gasteiger partial charge in [0.2, 0.25) is 0 Å². The van der Waals surface area contributed by atoms with Crippen molar-refractivity contribution in [1.29, 1.82) is 0 Å². The first-order valence-corrected chi connectivity index (χ1v) is 12.2. The maximum absolute atomic E-state index is 12.7. The van der Waals surface area contributed by atoms with E-state index >= 15 is 0 Å². The van der Waals surface area contributed by atoms with Crippen LogP contribution in [0.5, 0.6) is 5.75 Å². The zero-order valence-electron chi connectivity index (χ0n) is 19.7. The van der Waals surface area contributed by atoms with Gasteiger partial charge in [-0.25, -0.2) is 9.59 Å². The monoisotopic (exact) mass is 497 g/mol. The quantitative estimate of drug-likeness (QED) is 0.322. The Hall–Kier alpha value is -3.73. The van der Waals surface area contributed by atoms with Crippen molar-refractivity contribution in [2.75, 3.05) is 19.5 Å². The Labute approximate surface area is 207 Å². The summed E-state index contributed by atoms with van der Waals surface area (Å²) in [6.45, 7) is 4.30. The van der Waals surface area contributed by atoms with Crippen LogP contribution in [0.1, 0.15) is 26.0 Å². The Morgan fingerprint density at radius 2 is 2.09 bits per heavy atom. The minimum absolute atomic E-state index is 0.245. The van der Waals surface area contributed by atoms with E-state index in [0.29, 0.717) is 46.7 Å². The van der Waals surface area contributed by atoms with E-state index in [9.17, 15) is 9.59 Å². The highest BCUT2D eigenvalue weighted by molar-refractivity contribution is 7.99. The number of nitrogens with one attached hydrogen (secondary N) is 2. The number of carbonyl (C=O) groups excluding carboxylic acids is 2. The highest BCUT2D eigenvalue weighted by atomic mass is 32.2. The SMILES string of the molecule is CCOC(=O)C1=C(CSc2nnc(-c3cccc(OC)c3)n2Cc2ccco2)NC(=O)NC1CC. The number of rotatable bonds is 10. The van der Waals surface area contributed by atoms with Gasteiger partial charge in [0.1, 0.15) is 11.5 Å². The Bertz CT molecular complexity index is 1220. The summed E-state index contributed by atoms with van der Waals surface area (Å²) in [4.78, 5) is 24.9. The summed E-state index contributed by atoms with van der Waals surface area (Å²) in [5.74, 6) is 1.94. The first-order valence-electron chi connectivity index (χ1n) is 11.2. The fourth-order valence-corrected chi connectivity index (χ4v) is 4.69.